The first-order valence-corrected chi connectivity index (χ1v) is 6.06. The molecule has 0 radical (unpaired) electrons. The summed E-state index contributed by atoms with van der Waals surface area (Å²) in [5, 5.41) is 9.18. The molecule has 5 heteroatoms. The predicted molar refractivity (Wildman–Crippen MR) is 66.1 cm³/mol. The first-order chi connectivity index (χ1) is 8.50. The van der Waals surface area contributed by atoms with Crippen molar-refractivity contribution in [1.29, 1.82) is 0 Å². The molecular weight excluding hydrogens is 234 g/mol. The lowest BCUT2D eigenvalue weighted by molar-refractivity contribution is 0.0691. The van der Waals surface area contributed by atoms with Gasteiger partial charge >= 0.3 is 5.97 Å². The summed E-state index contributed by atoms with van der Waals surface area (Å²) in [6.45, 7) is 4.47. The third-order valence-electron chi connectivity index (χ3n) is 3.39. The Labute approximate surface area is 105 Å². The molecule has 1 N–H and O–H groups in total. The molecule has 0 spiro atoms. The molecule has 0 bridgehead atoms. The van der Waals surface area contributed by atoms with Crippen molar-refractivity contribution in [3.05, 3.63) is 33.2 Å². The van der Waals surface area contributed by atoms with E-state index in [1.54, 1.807) is 13.8 Å². The zero-order chi connectivity index (χ0) is 13.3. The van der Waals surface area contributed by atoms with Crippen LogP contribution in [0.25, 0.3) is 0 Å². The molecule has 1 fully saturated rings. The minimum Gasteiger partial charge on any atom is -0.478 e. The molecule has 0 aliphatic carbocycles. The van der Waals surface area contributed by atoms with Crippen LogP contribution in [0.5, 0.6) is 0 Å². The van der Waals surface area contributed by atoms with Crippen molar-refractivity contribution in [2.75, 3.05) is 6.61 Å². The SMILES string of the molecule is Cc1cc(=O)n(CC2CCCO2)c(C)c1C(=O)O. The number of nitrogens with zero attached hydrogens (tertiary/aromatic N) is 1. The Morgan fingerprint density at radius 1 is 1.56 bits per heavy atom. The molecule has 1 saturated heterocycles. The van der Waals surface area contributed by atoms with Gasteiger partial charge in [0.25, 0.3) is 5.56 Å². The lowest BCUT2D eigenvalue weighted by atomic mass is 10.1. The maximum Gasteiger partial charge on any atom is 0.337 e. The van der Waals surface area contributed by atoms with Gasteiger partial charge in [0, 0.05) is 18.4 Å². The summed E-state index contributed by atoms with van der Waals surface area (Å²) in [6, 6.07) is 1.38. The van der Waals surface area contributed by atoms with E-state index in [4.69, 9.17) is 4.74 Å². The molecule has 5 nitrogen and oxygen atoms in total. The predicted octanol–water partition coefficient (Wildman–Crippen LogP) is 1.34. The standard InChI is InChI=1S/C13H17NO4/c1-8-6-11(15)14(7-10-4-3-5-18-10)9(2)12(8)13(16)17/h6,10H,3-5,7H2,1-2H3,(H,16,17). The largest absolute Gasteiger partial charge is 0.478 e. The Balaban J connectivity index is 2.42. The minimum absolute atomic E-state index is 0.0192. The highest BCUT2D eigenvalue weighted by Crippen LogP contribution is 2.16. The molecule has 0 saturated carbocycles. The van der Waals surface area contributed by atoms with Crippen LogP contribution >= 0.6 is 0 Å². The maximum atomic E-state index is 11.9. The van der Waals surface area contributed by atoms with Gasteiger partial charge in [-0.05, 0) is 32.3 Å². The van der Waals surface area contributed by atoms with Crippen molar-refractivity contribution in [1.82, 2.24) is 4.57 Å². The van der Waals surface area contributed by atoms with Crippen LogP contribution in [-0.2, 0) is 11.3 Å². The Morgan fingerprint density at radius 2 is 2.28 bits per heavy atom. The van der Waals surface area contributed by atoms with Gasteiger partial charge in [0.1, 0.15) is 0 Å². The van der Waals surface area contributed by atoms with Gasteiger partial charge < -0.3 is 14.4 Å². The van der Waals surface area contributed by atoms with Crippen molar-refractivity contribution in [2.24, 2.45) is 0 Å². The zero-order valence-corrected chi connectivity index (χ0v) is 10.6. The summed E-state index contributed by atoms with van der Waals surface area (Å²) in [7, 11) is 0. The van der Waals surface area contributed by atoms with E-state index in [0.29, 0.717) is 17.8 Å². The Hall–Kier alpha value is -1.62. The number of carbonyl (C=O) groups is 1. The summed E-state index contributed by atoms with van der Waals surface area (Å²) in [5.74, 6) is -0.994. The molecule has 1 aliphatic rings. The number of hydrogen-bond acceptors (Lipinski definition) is 3. The van der Waals surface area contributed by atoms with Crippen LogP contribution in [0.1, 0.15) is 34.5 Å². The summed E-state index contributed by atoms with van der Waals surface area (Å²) in [6.07, 6.45) is 1.93. The molecule has 2 rings (SSSR count). The molecule has 1 atom stereocenters. The van der Waals surface area contributed by atoms with Gasteiger partial charge in [-0.25, -0.2) is 4.79 Å². The van der Waals surface area contributed by atoms with E-state index in [1.807, 2.05) is 0 Å². The zero-order valence-electron chi connectivity index (χ0n) is 10.6. The van der Waals surface area contributed by atoms with Gasteiger partial charge in [-0.2, -0.15) is 0 Å². The second-order valence-electron chi connectivity index (χ2n) is 4.68. The Bertz CT molecular complexity index is 527. The van der Waals surface area contributed by atoms with Crippen LogP contribution < -0.4 is 5.56 Å². The minimum atomic E-state index is -0.994. The maximum absolute atomic E-state index is 11.9. The number of carboxylic acid groups (broad SMARTS) is 1. The van der Waals surface area contributed by atoms with Gasteiger partial charge in [-0.15, -0.1) is 0 Å². The number of carboxylic acids is 1. The van der Waals surface area contributed by atoms with Crippen LogP contribution in [-0.4, -0.2) is 28.4 Å². The molecule has 2 heterocycles. The quantitative estimate of drug-likeness (QED) is 0.880. The van der Waals surface area contributed by atoms with E-state index >= 15 is 0 Å². The number of aromatic carboxylic acids is 1. The number of ether oxygens (including phenoxy) is 1. The van der Waals surface area contributed by atoms with Crippen molar-refractivity contribution in [3.8, 4) is 0 Å². The third kappa shape index (κ3) is 2.31. The number of hydrogen-bond donors (Lipinski definition) is 1. The molecule has 98 valence electrons. The molecule has 1 aromatic rings. The van der Waals surface area contributed by atoms with E-state index in [0.717, 1.165) is 19.4 Å². The molecular formula is C13H17NO4. The first kappa shape index (κ1) is 12.8. The summed E-state index contributed by atoms with van der Waals surface area (Å²) >= 11 is 0. The van der Waals surface area contributed by atoms with Crippen molar-refractivity contribution in [3.63, 3.8) is 0 Å². The monoisotopic (exact) mass is 251 g/mol. The van der Waals surface area contributed by atoms with Gasteiger partial charge in [-0.3, -0.25) is 4.79 Å². The van der Waals surface area contributed by atoms with Crippen LogP contribution in [0.3, 0.4) is 0 Å². The van der Waals surface area contributed by atoms with E-state index in [-0.39, 0.29) is 17.2 Å². The highest BCUT2D eigenvalue weighted by atomic mass is 16.5. The molecule has 0 aromatic carbocycles. The Morgan fingerprint density at radius 3 is 2.83 bits per heavy atom. The lowest BCUT2D eigenvalue weighted by Crippen LogP contribution is -2.30. The fourth-order valence-corrected chi connectivity index (χ4v) is 2.46. The summed E-state index contributed by atoms with van der Waals surface area (Å²) in [5.41, 5.74) is 1.06. The molecule has 0 amide bonds. The average molecular weight is 251 g/mol. The van der Waals surface area contributed by atoms with E-state index in [2.05, 4.69) is 0 Å². The Kier molecular flexibility index (Phi) is 3.52. The fraction of sp³-hybridized carbons (Fsp3) is 0.538. The fourth-order valence-electron chi connectivity index (χ4n) is 2.46. The van der Waals surface area contributed by atoms with Crippen molar-refractivity contribution >= 4 is 5.97 Å². The van der Waals surface area contributed by atoms with Gasteiger partial charge in [0.05, 0.1) is 18.2 Å². The lowest BCUT2D eigenvalue weighted by Gasteiger charge is -2.17. The average Bonchev–Trinajstić information content (AvgIpc) is 2.75. The highest BCUT2D eigenvalue weighted by molar-refractivity contribution is 5.90. The molecule has 1 aromatic heterocycles. The van der Waals surface area contributed by atoms with E-state index in [9.17, 15) is 14.7 Å². The number of aromatic nitrogens is 1. The summed E-state index contributed by atoms with van der Waals surface area (Å²) < 4.78 is 7.00. The summed E-state index contributed by atoms with van der Waals surface area (Å²) in [4.78, 5) is 23.1. The van der Waals surface area contributed by atoms with Gasteiger partial charge in [-0.1, -0.05) is 0 Å². The molecule has 1 unspecified atom stereocenters. The second-order valence-corrected chi connectivity index (χ2v) is 4.68. The number of pyridine rings is 1. The molecule has 18 heavy (non-hydrogen) atoms. The van der Waals surface area contributed by atoms with Crippen LogP contribution in [0, 0.1) is 13.8 Å². The normalized spacial score (nSPS) is 19.1. The number of rotatable bonds is 3. The second kappa shape index (κ2) is 4.94. The third-order valence-corrected chi connectivity index (χ3v) is 3.39. The van der Waals surface area contributed by atoms with Crippen molar-refractivity contribution in [2.45, 2.75) is 39.3 Å². The van der Waals surface area contributed by atoms with Crippen LogP contribution in [0.4, 0.5) is 0 Å². The van der Waals surface area contributed by atoms with Crippen LogP contribution in [0.15, 0.2) is 10.9 Å². The first-order valence-electron chi connectivity index (χ1n) is 6.06. The number of aryl methyl sites for hydroxylation is 1. The smallest absolute Gasteiger partial charge is 0.337 e. The van der Waals surface area contributed by atoms with Crippen molar-refractivity contribution < 1.29 is 14.6 Å². The highest BCUT2D eigenvalue weighted by Gasteiger charge is 2.20. The van der Waals surface area contributed by atoms with Crippen LogP contribution in [0.2, 0.25) is 0 Å². The van der Waals surface area contributed by atoms with Gasteiger partial charge in [0.15, 0.2) is 0 Å². The molecule has 1 aliphatic heterocycles. The van der Waals surface area contributed by atoms with E-state index in [1.165, 1.54) is 10.6 Å². The van der Waals surface area contributed by atoms with Gasteiger partial charge in [0.2, 0.25) is 0 Å². The van der Waals surface area contributed by atoms with E-state index < -0.39 is 5.97 Å². The topological polar surface area (TPSA) is 68.5 Å².